The number of rotatable bonds is 6. The fraction of sp³-hybridized carbons (Fsp3) is 0.524. The van der Waals surface area contributed by atoms with Gasteiger partial charge < -0.3 is 4.74 Å². The lowest BCUT2D eigenvalue weighted by molar-refractivity contribution is 0.153. The molecule has 0 radical (unpaired) electrons. The van der Waals surface area contributed by atoms with Crippen molar-refractivity contribution in [2.24, 2.45) is 5.92 Å². The maximum absolute atomic E-state index is 5.76. The number of ether oxygens (including phenoxy) is 1. The molecule has 0 atom stereocenters. The predicted molar refractivity (Wildman–Crippen MR) is 98.7 cm³/mol. The fourth-order valence-electron chi connectivity index (χ4n) is 3.91. The molecule has 4 nitrogen and oxygen atoms in total. The largest absolute Gasteiger partial charge is 0.476 e. The number of likely N-dealkylation sites (tertiary alicyclic amines) is 1. The molecule has 2 fully saturated rings. The molecule has 0 spiro atoms. The first-order chi connectivity index (χ1) is 12.3. The molecule has 1 aliphatic heterocycles. The smallest absolute Gasteiger partial charge is 0.233 e. The summed E-state index contributed by atoms with van der Waals surface area (Å²) in [4.78, 5) is 2.56. The lowest BCUT2D eigenvalue weighted by Gasteiger charge is -2.35. The van der Waals surface area contributed by atoms with Gasteiger partial charge in [-0.25, -0.2) is 0 Å². The van der Waals surface area contributed by atoms with Crippen LogP contribution in [0.25, 0.3) is 0 Å². The van der Waals surface area contributed by atoms with Gasteiger partial charge in [0.15, 0.2) is 0 Å². The van der Waals surface area contributed by atoms with Crippen molar-refractivity contribution in [3.63, 3.8) is 0 Å². The summed E-state index contributed by atoms with van der Waals surface area (Å²) in [6, 6.07) is 13.1. The second kappa shape index (κ2) is 7.52. The van der Waals surface area contributed by atoms with Crippen LogP contribution in [0.15, 0.2) is 36.4 Å². The van der Waals surface area contributed by atoms with Gasteiger partial charge in [0.2, 0.25) is 5.88 Å². The molecule has 2 aromatic rings. The highest BCUT2D eigenvalue weighted by Gasteiger charge is 2.30. The second-order valence-electron chi connectivity index (χ2n) is 7.58. The first-order valence-corrected chi connectivity index (χ1v) is 9.50. The molecule has 1 aromatic heterocycles. The van der Waals surface area contributed by atoms with Crippen LogP contribution >= 0.6 is 0 Å². The Morgan fingerprint density at radius 3 is 2.44 bits per heavy atom. The standard InChI is InChI=1S/C21H27N3O/c1-16-4-9-21(23-22-16)25-15-18-12-20(13-18)19-7-5-17(6-8-19)14-24-10-2-3-11-24/h4-9,18,20H,2-3,10-15H2,1H3. The van der Waals surface area contributed by atoms with Gasteiger partial charge in [-0.05, 0) is 74.7 Å². The first-order valence-electron chi connectivity index (χ1n) is 9.50. The van der Waals surface area contributed by atoms with Gasteiger partial charge in [0.05, 0.1) is 12.3 Å². The topological polar surface area (TPSA) is 38.2 Å². The molecule has 2 heterocycles. The van der Waals surface area contributed by atoms with Crippen molar-refractivity contribution in [2.75, 3.05) is 19.7 Å². The SMILES string of the molecule is Cc1ccc(OCC2CC(c3ccc(CN4CCCC4)cc3)C2)nn1. The quantitative estimate of drug-likeness (QED) is 0.800. The van der Waals surface area contributed by atoms with Crippen molar-refractivity contribution in [3.05, 3.63) is 53.2 Å². The Balaban J connectivity index is 1.22. The molecule has 4 rings (SSSR count). The molecule has 2 aliphatic rings. The van der Waals surface area contributed by atoms with Crippen molar-refractivity contribution in [2.45, 2.75) is 45.1 Å². The monoisotopic (exact) mass is 337 g/mol. The molecule has 1 saturated heterocycles. The van der Waals surface area contributed by atoms with Crippen molar-refractivity contribution < 1.29 is 4.74 Å². The summed E-state index contributed by atoms with van der Waals surface area (Å²) in [7, 11) is 0. The van der Waals surface area contributed by atoms with Gasteiger partial charge in [-0.2, -0.15) is 5.10 Å². The van der Waals surface area contributed by atoms with Crippen molar-refractivity contribution in [1.82, 2.24) is 15.1 Å². The normalized spacial score (nSPS) is 23.4. The number of hydrogen-bond acceptors (Lipinski definition) is 4. The molecule has 132 valence electrons. The molecule has 25 heavy (non-hydrogen) atoms. The maximum Gasteiger partial charge on any atom is 0.233 e. The molecule has 1 aromatic carbocycles. The number of aromatic nitrogens is 2. The highest BCUT2D eigenvalue weighted by molar-refractivity contribution is 5.27. The Labute approximate surface area is 150 Å². The Hall–Kier alpha value is -1.94. The zero-order valence-corrected chi connectivity index (χ0v) is 15.0. The van der Waals surface area contributed by atoms with Crippen LogP contribution in [0.5, 0.6) is 5.88 Å². The Bertz CT molecular complexity index is 671. The van der Waals surface area contributed by atoms with Gasteiger partial charge in [-0.3, -0.25) is 4.90 Å². The summed E-state index contributed by atoms with van der Waals surface area (Å²) in [6.45, 7) is 6.32. The van der Waals surface area contributed by atoms with Gasteiger partial charge in [0.25, 0.3) is 0 Å². The Morgan fingerprint density at radius 2 is 1.76 bits per heavy atom. The van der Waals surface area contributed by atoms with Gasteiger partial charge >= 0.3 is 0 Å². The lowest BCUT2D eigenvalue weighted by Crippen LogP contribution is -2.27. The zero-order valence-electron chi connectivity index (χ0n) is 15.0. The number of nitrogens with zero attached hydrogens (tertiary/aromatic N) is 3. The van der Waals surface area contributed by atoms with E-state index in [2.05, 4.69) is 39.4 Å². The average molecular weight is 337 g/mol. The highest BCUT2D eigenvalue weighted by atomic mass is 16.5. The van der Waals surface area contributed by atoms with Gasteiger partial charge in [-0.1, -0.05) is 24.3 Å². The van der Waals surface area contributed by atoms with Crippen LogP contribution in [0.1, 0.15) is 48.4 Å². The molecule has 0 unspecified atom stereocenters. The van der Waals surface area contributed by atoms with E-state index in [-0.39, 0.29) is 0 Å². The molecule has 1 aliphatic carbocycles. The zero-order chi connectivity index (χ0) is 17.1. The lowest BCUT2D eigenvalue weighted by atomic mass is 9.72. The number of hydrogen-bond donors (Lipinski definition) is 0. The summed E-state index contributed by atoms with van der Waals surface area (Å²) in [6.07, 6.45) is 5.14. The maximum atomic E-state index is 5.76. The van der Waals surface area contributed by atoms with E-state index in [0.717, 1.165) is 18.8 Å². The first kappa shape index (κ1) is 16.5. The third-order valence-corrected chi connectivity index (χ3v) is 5.53. The average Bonchev–Trinajstić information content (AvgIpc) is 3.09. The van der Waals surface area contributed by atoms with Crippen molar-refractivity contribution in [3.8, 4) is 5.88 Å². The summed E-state index contributed by atoms with van der Waals surface area (Å²) in [5, 5.41) is 8.09. The van der Waals surface area contributed by atoms with Gasteiger partial charge in [0, 0.05) is 12.6 Å². The van der Waals surface area contributed by atoms with Crippen molar-refractivity contribution in [1.29, 1.82) is 0 Å². The molecular formula is C21H27N3O. The Kier molecular flexibility index (Phi) is 4.97. The summed E-state index contributed by atoms with van der Waals surface area (Å²) >= 11 is 0. The molecule has 0 bridgehead atoms. The molecule has 0 amide bonds. The van der Waals surface area contributed by atoms with E-state index in [0.29, 0.717) is 17.7 Å². The minimum Gasteiger partial charge on any atom is -0.476 e. The van der Waals surface area contributed by atoms with E-state index in [1.807, 2.05) is 19.1 Å². The van der Waals surface area contributed by atoms with E-state index >= 15 is 0 Å². The third-order valence-electron chi connectivity index (χ3n) is 5.53. The molecular weight excluding hydrogens is 310 g/mol. The summed E-state index contributed by atoms with van der Waals surface area (Å²) in [5.74, 6) is 1.97. The number of aryl methyl sites for hydroxylation is 1. The second-order valence-corrected chi connectivity index (χ2v) is 7.58. The highest BCUT2D eigenvalue weighted by Crippen LogP contribution is 2.41. The van der Waals surface area contributed by atoms with E-state index in [1.165, 1.54) is 49.9 Å². The van der Waals surface area contributed by atoms with Gasteiger partial charge in [-0.15, -0.1) is 5.10 Å². The van der Waals surface area contributed by atoms with Crippen LogP contribution in [-0.2, 0) is 6.54 Å². The van der Waals surface area contributed by atoms with E-state index in [1.54, 1.807) is 0 Å². The van der Waals surface area contributed by atoms with Crippen LogP contribution in [0.4, 0.5) is 0 Å². The minimum atomic E-state index is 0.636. The van der Waals surface area contributed by atoms with E-state index in [4.69, 9.17) is 4.74 Å². The third kappa shape index (κ3) is 4.18. The van der Waals surface area contributed by atoms with E-state index in [9.17, 15) is 0 Å². The van der Waals surface area contributed by atoms with Crippen molar-refractivity contribution >= 4 is 0 Å². The Morgan fingerprint density at radius 1 is 1.00 bits per heavy atom. The molecule has 1 saturated carbocycles. The summed E-state index contributed by atoms with van der Waals surface area (Å²) < 4.78 is 5.76. The van der Waals surface area contributed by atoms with Crippen LogP contribution < -0.4 is 4.74 Å². The van der Waals surface area contributed by atoms with Crippen LogP contribution in [0.3, 0.4) is 0 Å². The summed E-state index contributed by atoms with van der Waals surface area (Å²) in [5.41, 5.74) is 3.85. The van der Waals surface area contributed by atoms with Crippen LogP contribution in [0.2, 0.25) is 0 Å². The predicted octanol–water partition coefficient (Wildman–Crippen LogP) is 3.95. The molecule has 0 N–H and O–H groups in total. The van der Waals surface area contributed by atoms with E-state index < -0.39 is 0 Å². The van der Waals surface area contributed by atoms with Gasteiger partial charge in [0.1, 0.15) is 0 Å². The van der Waals surface area contributed by atoms with Crippen LogP contribution in [-0.4, -0.2) is 34.8 Å². The number of benzene rings is 1. The van der Waals surface area contributed by atoms with Crippen LogP contribution in [0, 0.1) is 12.8 Å². The molecule has 4 heteroatoms. The fourth-order valence-corrected chi connectivity index (χ4v) is 3.91. The minimum absolute atomic E-state index is 0.636.